The van der Waals surface area contributed by atoms with Crippen molar-refractivity contribution in [3.63, 3.8) is 0 Å². The number of hydrogen-bond acceptors (Lipinski definition) is 1. The van der Waals surface area contributed by atoms with Crippen molar-refractivity contribution in [1.29, 1.82) is 0 Å². The third-order valence-electron chi connectivity index (χ3n) is 2.49. The average molecular weight is 175 g/mol. The van der Waals surface area contributed by atoms with Gasteiger partial charge in [0.2, 0.25) is 0 Å². The fourth-order valence-corrected chi connectivity index (χ4v) is 1.83. The second-order valence-electron chi connectivity index (χ2n) is 3.47. The molecule has 0 saturated carbocycles. The van der Waals surface area contributed by atoms with Crippen molar-refractivity contribution in [2.24, 2.45) is 0 Å². The zero-order valence-electron chi connectivity index (χ0n) is 7.76. The summed E-state index contributed by atoms with van der Waals surface area (Å²) in [6.45, 7) is 2.79. The van der Waals surface area contributed by atoms with E-state index in [1.165, 1.54) is 5.56 Å². The lowest BCUT2D eigenvalue weighted by atomic mass is 9.99. The summed E-state index contributed by atoms with van der Waals surface area (Å²) in [5.41, 5.74) is 3.16. The lowest BCUT2D eigenvalue weighted by Gasteiger charge is -2.06. The maximum absolute atomic E-state index is 11.6. The first-order valence-corrected chi connectivity index (χ1v) is 4.66. The van der Waals surface area contributed by atoms with Crippen molar-refractivity contribution in [2.75, 3.05) is 6.54 Å². The minimum absolute atomic E-state index is 0.0885. The first kappa shape index (κ1) is 8.30. The fraction of sp³-hybridized carbons (Fsp3) is 0.364. The smallest absolute Gasteiger partial charge is 0.251 e. The molecule has 2 heteroatoms. The molecule has 68 valence electrons. The van der Waals surface area contributed by atoms with Crippen LogP contribution in [0.4, 0.5) is 0 Å². The number of nitrogens with one attached hydrogen (secondary N) is 1. The largest absolute Gasteiger partial charge is 0.352 e. The van der Waals surface area contributed by atoms with E-state index in [0.29, 0.717) is 0 Å². The molecule has 2 nitrogen and oxygen atoms in total. The Hall–Kier alpha value is -1.31. The van der Waals surface area contributed by atoms with Crippen LogP contribution in [-0.4, -0.2) is 12.5 Å². The molecule has 1 aromatic carbocycles. The van der Waals surface area contributed by atoms with Gasteiger partial charge < -0.3 is 5.32 Å². The minimum atomic E-state index is 0.0885. The highest BCUT2D eigenvalue weighted by atomic mass is 16.1. The van der Waals surface area contributed by atoms with Crippen LogP contribution < -0.4 is 5.32 Å². The number of amides is 1. The van der Waals surface area contributed by atoms with Crippen LogP contribution in [0.15, 0.2) is 18.2 Å². The van der Waals surface area contributed by atoms with Gasteiger partial charge in [-0.1, -0.05) is 18.2 Å². The summed E-state index contributed by atoms with van der Waals surface area (Å²) in [7, 11) is 0. The Bertz CT molecular complexity index is 344. The van der Waals surface area contributed by atoms with E-state index < -0.39 is 0 Å². The van der Waals surface area contributed by atoms with Gasteiger partial charge in [0, 0.05) is 12.1 Å². The number of carbonyl (C=O) groups excluding carboxylic acids is 1. The van der Waals surface area contributed by atoms with Crippen molar-refractivity contribution in [3.8, 4) is 0 Å². The molecule has 2 rings (SSSR count). The minimum Gasteiger partial charge on any atom is -0.352 e. The van der Waals surface area contributed by atoms with Crippen LogP contribution in [0.25, 0.3) is 0 Å². The highest BCUT2D eigenvalue weighted by Crippen LogP contribution is 2.17. The van der Waals surface area contributed by atoms with E-state index in [0.717, 1.165) is 30.5 Å². The van der Waals surface area contributed by atoms with E-state index in [1.807, 2.05) is 25.1 Å². The van der Waals surface area contributed by atoms with Crippen molar-refractivity contribution in [1.82, 2.24) is 5.32 Å². The van der Waals surface area contributed by atoms with Crippen molar-refractivity contribution < 1.29 is 4.79 Å². The third kappa shape index (κ3) is 1.44. The first-order chi connectivity index (χ1) is 6.29. The molecule has 0 saturated heterocycles. The summed E-state index contributed by atoms with van der Waals surface area (Å²) < 4.78 is 0. The monoisotopic (exact) mass is 175 g/mol. The van der Waals surface area contributed by atoms with E-state index in [9.17, 15) is 4.79 Å². The van der Waals surface area contributed by atoms with Gasteiger partial charge >= 0.3 is 0 Å². The second-order valence-corrected chi connectivity index (χ2v) is 3.47. The van der Waals surface area contributed by atoms with E-state index in [1.54, 1.807) is 0 Å². The number of rotatable bonds is 0. The summed E-state index contributed by atoms with van der Waals surface area (Å²) >= 11 is 0. The van der Waals surface area contributed by atoms with Crippen LogP contribution in [0.5, 0.6) is 0 Å². The van der Waals surface area contributed by atoms with Crippen molar-refractivity contribution in [2.45, 2.75) is 19.8 Å². The highest BCUT2D eigenvalue weighted by molar-refractivity contribution is 5.97. The quantitative estimate of drug-likeness (QED) is 0.638. The van der Waals surface area contributed by atoms with Crippen LogP contribution in [0, 0.1) is 6.92 Å². The van der Waals surface area contributed by atoms with Crippen LogP contribution in [0.1, 0.15) is 27.9 Å². The van der Waals surface area contributed by atoms with E-state index in [4.69, 9.17) is 0 Å². The molecule has 0 fully saturated rings. The van der Waals surface area contributed by atoms with Gasteiger partial charge in [0.1, 0.15) is 0 Å². The number of carbonyl (C=O) groups is 1. The molecule has 1 N–H and O–H groups in total. The summed E-state index contributed by atoms with van der Waals surface area (Å²) in [5, 5.41) is 2.90. The lowest BCUT2D eigenvalue weighted by Crippen LogP contribution is -2.23. The van der Waals surface area contributed by atoms with Gasteiger partial charge in [0.05, 0.1) is 0 Å². The van der Waals surface area contributed by atoms with Crippen molar-refractivity contribution in [3.05, 3.63) is 34.9 Å². The summed E-state index contributed by atoms with van der Waals surface area (Å²) in [6.07, 6.45) is 2.05. The Labute approximate surface area is 78.0 Å². The predicted octanol–water partition coefficient (Wildman–Crippen LogP) is 1.67. The lowest BCUT2D eigenvalue weighted by molar-refractivity contribution is 0.0955. The number of benzene rings is 1. The van der Waals surface area contributed by atoms with Crippen LogP contribution in [0.3, 0.4) is 0 Å². The molecule has 0 bridgehead atoms. The Morgan fingerprint density at radius 1 is 1.38 bits per heavy atom. The molecular weight excluding hydrogens is 162 g/mol. The molecule has 0 aliphatic carbocycles. The van der Waals surface area contributed by atoms with E-state index in [2.05, 4.69) is 5.32 Å². The summed E-state index contributed by atoms with van der Waals surface area (Å²) in [6, 6.07) is 6.06. The van der Waals surface area contributed by atoms with Crippen LogP contribution in [0.2, 0.25) is 0 Å². The van der Waals surface area contributed by atoms with Gasteiger partial charge in [-0.15, -0.1) is 0 Å². The third-order valence-corrected chi connectivity index (χ3v) is 2.49. The molecule has 13 heavy (non-hydrogen) atoms. The van der Waals surface area contributed by atoms with E-state index >= 15 is 0 Å². The SMILES string of the molecule is Cc1cccc2c1C(=O)NCCC2. The Balaban J connectivity index is 2.55. The Kier molecular flexibility index (Phi) is 2.05. The Morgan fingerprint density at radius 2 is 2.23 bits per heavy atom. The van der Waals surface area contributed by atoms with Gasteiger partial charge in [-0.2, -0.15) is 0 Å². The molecule has 1 aliphatic heterocycles. The molecule has 0 unspecified atom stereocenters. The molecule has 0 spiro atoms. The molecule has 1 heterocycles. The number of aryl methyl sites for hydroxylation is 2. The molecule has 1 aromatic rings. The van der Waals surface area contributed by atoms with Gasteiger partial charge in [-0.25, -0.2) is 0 Å². The highest BCUT2D eigenvalue weighted by Gasteiger charge is 2.15. The van der Waals surface area contributed by atoms with Gasteiger partial charge in [-0.3, -0.25) is 4.79 Å². The van der Waals surface area contributed by atoms with Crippen LogP contribution in [-0.2, 0) is 6.42 Å². The molecule has 1 aliphatic rings. The molecular formula is C11H13NO. The maximum atomic E-state index is 11.6. The molecule has 0 aromatic heterocycles. The normalized spacial score (nSPS) is 15.9. The number of fused-ring (bicyclic) bond motifs is 1. The summed E-state index contributed by atoms with van der Waals surface area (Å²) in [5.74, 6) is 0.0885. The number of hydrogen-bond donors (Lipinski definition) is 1. The van der Waals surface area contributed by atoms with Gasteiger partial charge in [0.15, 0.2) is 0 Å². The predicted molar refractivity (Wildman–Crippen MR) is 51.8 cm³/mol. The standard InChI is InChI=1S/C11H13NO/c1-8-4-2-5-9-6-3-7-12-11(13)10(8)9/h2,4-5H,3,6-7H2,1H3,(H,12,13). The topological polar surface area (TPSA) is 29.1 Å². The first-order valence-electron chi connectivity index (χ1n) is 4.66. The van der Waals surface area contributed by atoms with Crippen molar-refractivity contribution >= 4 is 5.91 Å². The van der Waals surface area contributed by atoms with Gasteiger partial charge in [0.25, 0.3) is 5.91 Å². The maximum Gasteiger partial charge on any atom is 0.251 e. The fourth-order valence-electron chi connectivity index (χ4n) is 1.83. The van der Waals surface area contributed by atoms with Crippen LogP contribution >= 0.6 is 0 Å². The molecule has 0 atom stereocenters. The average Bonchev–Trinajstić information content (AvgIpc) is 2.29. The van der Waals surface area contributed by atoms with Gasteiger partial charge in [-0.05, 0) is 30.9 Å². The molecule has 0 radical (unpaired) electrons. The Morgan fingerprint density at radius 3 is 3.08 bits per heavy atom. The molecule has 1 amide bonds. The zero-order chi connectivity index (χ0) is 9.26. The zero-order valence-corrected chi connectivity index (χ0v) is 7.76. The summed E-state index contributed by atoms with van der Waals surface area (Å²) in [4.78, 5) is 11.6. The van der Waals surface area contributed by atoms with E-state index in [-0.39, 0.29) is 5.91 Å². The second kappa shape index (κ2) is 3.21.